The normalized spacial score (nSPS) is 11.0. The molecule has 138 valence electrons. The summed E-state index contributed by atoms with van der Waals surface area (Å²) >= 11 is 2.74. The van der Waals surface area contributed by atoms with Crippen LogP contribution in [0.4, 0.5) is 15.2 Å². The summed E-state index contributed by atoms with van der Waals surface area (Å²) in [4.78, 5) is 18.2. The van der Waals surface area contributed by atoms with Gasteiger partial charge in [-0.3, -0.25) is 9.89 Å². The average Bonchev–Trinajstić information content (AvgIpc) is 3.35. The predicted molar refractivity (Wildman–Crippen MR) is 105 cm³/mol. The number of carbonyl (C=O) groups is 1. The van der Waals surface area contributed by atoms with Crippen molar-refractivity contribution in [3.63, 3.8) is 0 Å². The van der Waals surface area contributed by atoms with Crippen molar-refractivity contribution in [2.75, 3.05) is 23.8 Å². The van der Waals surface area contributed by atoms with Gasteiger partial charge in [0, 0.05) is 17.8 Å². The number of hydrogen-bond donors (Lipinski definition) is 4. The van der Waals surface area contributed by atoms with E-state index in [1.165, 1.54) is 28.9 Å². The summed E-state index contributed by atoms with van der Waals surface area (Å²) < 4.78 is 14.5. The number of nitrogens with one attached hydrogen (secondary N) is 3. The second kappa shape index (κ2) is 7.43. The fourth-order valence-electron chi connectivity index (χ4n) is 2.47. The highest BCUT2D eigenvalue weighted by atomic mass is 32.1. The Labute approximate surface area is 160 Å². The summed E-state index contributed by atoms with van der Waals surface area (Å²) in [5, 5.41) is 21.7. The number of rotatable bonds is 6. The number of thiazole rings is 1. The smallest absolute Gasteiger partial charge is 0.265 e. The highest BCUT2D eigenvalue weighted by molar-refractivity contribution is 7.29. The number of aromatic amines is 1. The van der Waals surface area contributed by atoms with Gasteiger partial charge in [0.1, 0.15) is 10.5 Å². The Hall–Kier alpha value is -2.82. The maximum absolute atomic E-state index is 13.6. The van der Waals surface area contributed by atoms with E-state index in [1.54, 1.807) is 30.3 Å². The van der Waals surface area contributed by atoms with Crippen LogP contribution >= 0.6 is 22.7 Å². The zero-order valence-corrected chi connectivity index (χ0v) is 15.5. The van der Waals surface area contributed by atoms with E-state index in [0.717, 1.165) is 14.7 Å². The molecule has 27 heavy (non-hydrogen) atoms. The summed E-state index contributed by atoms with van der Waals surface area (Å²) in [5.41, 5.74) is 1.47. The molecule has 3 aromatic heterocycles. The van der Waals surface area contributed by atoms with Crippen LogP contribution in [0, 0.1) is 5.82 Å². The molecule has 1 amide bonds. The monoisotopic (exact) mass is 403 g/mol. The van der Waals surface area contributed by atoms with Crippen LogP contribution in [0.1, 0.15) is 9.67 Å². The third-order valence-electron chi connectivity index (χ3n) is 3.71. The van der Waals surface area contributed by atoms with Crippen LogP contribution < -0.4 is 10.6 Å². The van der Waals surface area contributed by atoms with E-state index < -0.39 is 5.82 Å². The van der Waals surface area contributed by atoms with Gasteiger partial charge < -0.3 is 15.7 Å². The molecule has 7 nitrogen and oxygen atoms in total. The Kier molecular flexibility index (Phi) is 4.84. The molecule has 0 aliphatic rings. The molecule has 0 atom stereocenters. The first-order valence-corrected chi connectivity index (χ1v) is 9.63. The van der Waals surface area contributed by atoms with Gasteiger partial charge in [0.2, 0.25) is 0 Å². The number of thiophene rings is 1. The number of aliphatic hydroxyl groups excluding tert-OH is 1. The van der Waals surface area contributed by atoms with Crippen molar-refractivity contribution in [2.24, 2.45) is 0 Å². The number of fused-ring (bicyclic) bond motifs is 1. The lowest BCUT2D eigenvalue weighted by Gasteiger charge is -2.04. The van der Waals surface area contributed by atoms with Crippen LogP contribution in [-0.2, 0) is 0 Å². The third-order valence-corrected chi connectivity index (χ3v) is 5.83. The number of benzene rings is 1. The van der Waals surface area contributed by atoms with Crippen LogP contribution in [-0.4, -0.2) is 39.3 Å². The molecule has 0 bridgehead atoms. The van der Waals surface area contributed by atoms with Crippen molar-refractivity contribution < 1.29 is 14.3 Å². The summed E-state index contributed by atoms with van der Waals surface area (Å²) in [6.07, 6.45) is 1.19. The van der Waals surface area contributed by atoms with Gasteiger partial charge in [0.05, 0.1) is 22.4 Å². The van der Waals surface area contributed by atoms with Crippen molar-refractivity contribution in [2.45, 2.75) is 0 Å². The number of anilines is 2. The number of H-pyrrole nitrogens is 1. The highest BCUT2D eigenvalue weighted by Crippen LogP contribution is 2.33. The van der Waals surface area contributed by atoms with Gasteiger partial charge in [-0.2, -0.15) is 5.10 Å². The van der Waals surface area contributed by atoms with Gasteiger partial charge >= 0.3 is 0 Å². The number of hydrogen-bond acceptors (Lipinski definition) is 7. The Morgan fingerprint density at radius 3 is 2.74 bits per heavy atom. The number of halogens is 1. The minimum atomic E-state index is -0.425. The van der Waals surface area contributed by atoms with E-state index in [2.05, 4.69) is 25.8 Å². The van der Waals surface area contributed by atoms with E-state index >= 15 is 0 Å². The molecule has 0 radical (unpaired) electrons. The largest absolute Gasteiger partial charge is 0.395 e. The Morgan fingerprint density at radius 1 is 1.26 bits per heavy atom. The number of amides is 1. The molecular weight excluding hydrogens is 389 g/mol. The molecular formula is C17H14FN5O2S2. The van der Waals surface area contributed by atoms with E-state index in [4.69, 9.17) is 5.11 Å². The Balaban J connectivity index is 1.46. The van der Waals surface area contributed by atoms with Crippen molar-refractivity contribution in [1.29, 1.82) is 0 Å². The minimum Gasteiger partial charge on any atom is -0.395 e. The maximum Gasteiger partial charge on any atom is 0.265 e. The van der Waals surface area contributed by atoms with Crippen molar-refractivity contribution >= 4 is 48.9 Å². The lowest BCUT2D eigenvalue weighted by atomic mass is 10.1. The summed E-state index contributed by atoms with van der Waals surface area (Å²) in [7, 11) is 0. The zero-order chi connectivity index (χ0) is 18.8. The first-order chi connectivity index (χ1) is 13.1. The van der Waals surface area contributed by atoms with Gasteiger partial charge in [-0.15, -0.1) is 11.3 Å². The highest BCUT2D eigenvalue weighted by Gasteiger charge is 2.14. The fraction of sp³-hybridized carbons (Fsp3) is 0.118. The molecule has 3 heterocycles. The van der Waals surface area contributed by atoms with E-state index in [0.29, 0.717) is 22.7 Å². The van der Waals surface area contributed by atoms with E-state index in [1.807, 2.05) is 0 Å². The number of aromatic nitrogens is 3. The van der Waals surface area contributed by atoms with Crippen LogP contribution in [0.15, 0.2) is 36.5 Å². The predicted octanol–water partition coefficient (Wildman–Crippen LogP) is 3.54. The molecule has 1 aromatic carbocycles. The Morgan fingerprint density at radius 2 is 2.07 bits per heavy atom. The van der Waals surface area contributed by atoms with Gasteiger partial charge in [-0.1, -0.05) is 23.5 Å². The standard InChI is InChI=1S/C17H14FN5O2S2/c18-11-8-20-23-14(11)9-1-3-10(4-2-9)21-15(25)12-7-13-16(26-12)22-17(27-13)19-5-6-24/h1-4,7-8,24H,5-6H2,(H,19,22)(H,20,23)(H,21,25). The molecule has 4 aromatic rings. The van der Waals surface area contributed by atoms with Crippen LogP contribution in [0.25, 0.3) is 20.8 Å². The van der Waals surface area contributed by atoms with Gasteiger partial charge in [-0.05, 0) is 18.2 Å². The molecule has 0 aliphatic heterocycles. The molecule has 4 N–H and O–H groups in total. The second-order valence-corrected chi connectivity index (χ2v) is 7.62. The van der Waals surface area contributed by atoms with Crippen LogP contribution in [0.5, 0.6) is 0 Å². The molecule has 0 saturated heterocycles. The first-order valence-electron chi connectivity index (χ1n) is 8.00. The SMILES string of the molecule is O=C(Nc1ccc(-c2n[nH]cc2F)cc1)c1cc2sc(NCCO)nc2s1. The molecule has 0 fully saturated rings. The van der Waals surface area contributed by atoms with E-state index in [-0.39, 0.29) is 18.2 Å². The summed E-state index contributed by atoms with van der Waals surface area (Å²) in [6.45, 7) is 0.471. The lowest BCUT2D eigenvalue weighted by molar-refractivity contribution is 0.103. The molecule has 0 aliphatic carbocycles. The second-order valence-electron chi connectivity index (χ2n) is 5.56. The number of nitrogens with zero attached hydrogens (tertiary/aromatic N) is 2. The minimum absolute atomic E-state index is 0.0342. The third kappa shape index (κ3) is 3.68. The molecule has 10 heteroatoms. The van der Waals surface area contributed by atoms with Crippen molar-refractivity contribution in [3.8, 4) is 11.3 Å². The van der Waals surface area contributed by atoms with Gasteiger partial charge in [0.15, 0.2) is 10.9 Å². The lowest BCUT2D eigenvalue weighted by Crippen LogP contribution is -2.09. The molecule has 0 unspecified atom stereocenters. The van der Waals surface area contributed by atoms with Crippen LogP contribution in [0.2, 0.25) is 0 Å². The summed E-state index contributed by atoms with van der Waals surface area (Å²) in [6, 6.07) is 8.59. The number of aliphatic hydroxyl groups is 1. The van der Waals surface area contributed by atoms with Gasteiger partial charge in [0.25, 0.3) is 5.91 Å². The van der Waals surface area contributed by atoms with Crippen molar-refractivity contribution in [3.05, 3.63) is 47.2 Å². The molecule has 4 rings (SSSR count). The number of carbonyl (C=O) groups excluding carboxylic acids is 1. The van der Waals surface area contributed by atoms with Gasteiger partial charge in [-0.25, -0.2) is 9.37 Å². The van der Waals surface area contributed by atoms with Crippen LogP contribution in [0.3, 0.4) is 0 Å². The molecule has 0 saturated carbocycles. The summed E-state index contributed by atoms with van der Waals surface area (Å²) in [5.74, 6) is -0.653. The quantitative estimate of drug-likeness (QED) is 0.394. The fourth-order valence-corrected chi connectivity index (χ4v) is 4.50. The maximum atomic E-state index is 13.6. The van der Waals surface area contributed by atoms with Crippen molar-refractivity contribution in [1.82, 2.24) is 15.2 Å². The molecule has 0 spiro atoms. The zero-order valence-electron chi connectivity index (χ0n) is 13.8. The van der Waals surface area contributed by atoms with E-state index in [9.17, 15) is 9.18 Å². The first kappa shape index (κ1) is 17.6. The topological polar surface area (TPSA) is 103 Å². The Bertz CT molecular complexity index is 1060. The average molecular weight is 403 g/mol.